The van der Waals surface area contributed by atoms with Gasteiger partial charge >= 0.3 is 0 Å². The molecular weight excluding hydrogens is 392 g/mol. The van der Waals surface area contributed by atoms with E-state index in [1.165, 1.54) is 16.7 Å². The lowest BCUT2D eigenvalue weighted by molar-refractivity contribution is -0.127. The summed E-state index contributed by atoms with van der Waals surface area (Å²) in [5, 5.41) is 0.166. The second-order valence-corrected chi connectivity index (χ2v) is 7.63. The van der Waals surface area contributed by atoms with Crippen LogP contribution in [0.1, 0.15) is 38.5 Å². The summed E-state index contributed by atoms with van der Waals surface area (Å²) in [6, 6.07) is 14.8. The van der Waals surface area contributed by atoms with E-state index in [1.54, 1.807) is 12.1 Å². The van der Waals surface area contributed by atoms with Crippen LogP contribution in [0.3, 0.4) is 0 Å². The molecule has 1 atom stereocenters. The zero-order chi connectivity index (χ0) is 20.7. The van der Waals surface area contributed by atoms with Crippen LogP contribution < -0.4 is 4.90 Å². The van der Waals surface area contributed by atoms with Crippen molar-refractivity contribution in [3.05, 3.63) is 59.1 Å². The van der Waals surface area contributed by atoms with Crippen LogP contribution in [0, 0.1) is 0 Å². The number of carbonyl (C=O) groups excluding carboxylic acids is 2. The molecule has 2 amide bonds. The van der Waals surface area contributed by atoms with Gasteiger partial charge in [-0.2, -0.15) is 0 Å². The highest BCUT2D eigenvalue weighted by atomic mass is 35.5. The van der Waals surface area contributed by atoms with Gasteiger partial charge in [0.25, 0.3) is 5.91 Å². The van der Waals surface area contributed by atoms with E-state index in [2.05, 4.69) is 0 Å². The molecule has 1 heterocycles. The number of carbonyl (C=O) groups is 2. The van der Waals surface area contributed by atoms with E-state index in [0.29, 0.717) is 10.7 Å². The monoisotopic (exact) mass is 418 g/mol. The molecule has 0 aliphatic carbocycles. The van der Waals surface area contributed by atoms with Crippen molar-refractivity contribution >= 4 is 40.9 Å². The van der Waals surface area contributed by atoms with Gasteiger partial charge in [0.15, 0.2) is 0 Å². The lowest BCUT2D eigenvalue weighted by atomic mass is 10.1. The Kier molecular flexibility index (Phi) is 8.55. The van der Waals surface area contributed by atoms with Crippen molar-refractivity contribution in [1.29, 1.82) is 0 Å². The molecule has 1 aliphatic rings. The van der Waals surface area contributed by atoms with Crippen LogP contribution in [-0.2, 0) is 9.59 Å². The average Bonchev–Trinajstić information content (AvgIpc) is 2.73. The molecule has 2 aromatic carbocycles. The fourth-order valence-electron chi connectivity index (χ4n) is 2.97. The van der Waals surface area contributed by atoms with Gasteiger partial charge in [0.2, 0.25) is 5.91 Å². The van der Waals surface area contributed by atoms with Crippen LogP contribution in [0.5, 0.6) is 0 Å². The summed E-state index contributed by atoms with van der Waals surface area (Å²) in [7, 11) is 0. The summed E-state index contributed by atoms with van der Waals surface area (Å²) in [5.74, 6) is -0.390. The molecule has 150 valence electrons. The Bertz CT molecular complexity index is 806. The first-order valence-electron chi connectivity index (χ1n) is 9.65. The maximum absolute atomic E-state index is 13.2. The number of fused-ring (bicyclic) bond motifs is 1. The lowest BCUT2D eigenvalue weighted by Gasteiger charge is -2.33. The largest absolute Gasteiger partial charge is 0.295 e. The first kappa shape index (κ1) is 22.5. The molecule has 0 spiro atoms. The van der Waals surface area contributed by atoms with E-state index >= 15 is 0 Å². The summed E-state index contributed by atoms with van der Waals surface area (Å²) < 4.78 is 0. The van der Waals surface area contributed by atoms with Crippen LogP contribution in [0.25, 0.3) is 0 Å². The summed E-state index contributed by atoms with van der Waals surface area (Å²) in [5.41, 5.74) is 1.52. The summed E-state index contributed by atoms with van der Waals surface area (Å²) in [6.45, 7) is 9.78. The molecule has 0 unspecified atom stereocenters. The normalized spacial score (nSPS) is 15.7. The third kappa shape index (κ3) is 4.96. The van der Waals surface area contributed by atoms with Crippen molar-refractivity contribution in [2.75, 3.05) is 24.5 Å². The van der Waals surface area contributed by atoms with Gasteiger partial charge in [0, 0.05) is 9.92 Å². The molecule has 6 heteroatoms. The highest BCUT2D eigenvalue weighted by Gasteiger charge is 2.38. The Balaban J connectivity index is 0.00000136. The Morgan fingerprint density at radius 3 is 2.29 bits per heavy atom. The molecule has 0 radical (unpaired) electrons. The third-order valence-corrected chi connectivity index (χ3v) is 6.03. The second-order valence-electron chi connectivity index (χ2n) is 6.05. The highest BCUT2D eigenvalue weighted by Crippen LogP contribution is 2.46. The van der Waals surface area contributed by atoms with Crippen molar-refractivity contribution in [1.82, 2.24) is 4.90 Å². The standard InChI is InChI=1S/C20H21ClN2O2S.C2H6/c1-3-22(4-2)13-18(24)23-16-7-5-6-8-17(16)26-19(20(23)25)14-9-11-15(21)12-10-14;1-2/h5-12,19H,3-4,13H2,1-2H3;1-2H3/t19-;/m1./s1. The molecular formula is C22H27ClN2O2S. The van der Waals surface area contributed by atoms with Crippen molar-refractivity contribution in [2.45, 2.75) is 37.8 Å². The molecule has 0 aromatic heterocycles. The minimum atomic E-state index is -0.456. The second kappa shape index (κ2) is 10.6. The maximum Gasteiger partial charge on any atom is 0.251 e. The van der Waals surface area contributed by atoms with Gasteiger partial charge in [0.05, 0.1) is 12.2 Å². The van der Waals surface area contributed by atoms with Gasteiger partial charge in [0.1, 0.15) is 5.25 Å². The van der Waals surface area contributed by atoms with Gasteiger partial charge in [-0.05, 0) is 42.9 Å². The van der Waals surface area contributed by atoms with Crippen LogP contribution in [-0.4, -0.2) is 36.3 Å². The Morgan fingerprint density at radius 1 is 1.07 bits per heavy atom. The Morgan fingerprint density at radius 2 is 1.68 bits per heavy atom. The number of thioether (sulfide) groups is 1. The summed E-state index contributed by atoms with van der Waals surface area (Å²) in [4.78, 5) is 30.5. The average molecular weight is 419 g/mol. The Hall–Kier alpha value is -1.82. The number of nitrogens with zero attached hydrogens (tertiary/aromatic N) is 2. The van der Waals surface area contributed by atoms with E-state index in [4.69, 9.17) is 11.6 Å². The molecule has 4 nitrogen and oxygen atoms in total. The van der Waals surface area contributed by atoms with E-state index in [9.17, 15) is 9.59 Å². The Labute approximate surface area is 176 Å². The van der Waals surface area contributed by atoms with E-state index in [0.717, 1.165) is 23.5 Å². The first-order chi connectivity index (χ1) is 13.5. The smallest absolute Gasteiger partial charge is 0.251 e. The third-order valence-electron chi connectivity index (χ3n) is 4.47. The molecule has 0 fully saturated rings. The summed E-state index contributed by atoms with van der Waals surface area (Å²) >= 11 is 7.45. The van der Waals surface area contributed by atoms with Gasteiger partial charge in [-0.25, -0.2) is 4.90 Å². The number of imide groups is 1. The number of anilines is 1. The highest BCUT2D eigenvalue weighted by molar-refractivity contribution is 8.00. The number of likely N-dealkylation sites (N-methyl/N-ethyl adjacent to an activating group) is 1. The van der Waals surface area contributed by atoms with Gasteiger partial charge in [-0.15, -0.1) is 11.8 Å². The molecule has 0 N–H and O–H groups in total. The van der Waals surface area contributed by atoms with Gasteiger partial charge < -0.3 is 0 Å². The van der Waals surface area contributed by atoms with Crippen molar-refractivity contribution < 1.29 is 9.59 Å². The summed E-state index contributed by atoms with van der Waals surface area (Å²) in [6.07, 6.45) is 0. The number of halogens is 1. The zero-order valence-electron chi connectivity index (χ0n) is 16.8. The van der Waals surface area contributed by atoms with Crippen LogP contribution >= 0.6 is 23.4 Å². The number of amides is 2. The molecule has 0 bridgehead atoms. The predicted octanol–water partition coefficient (Wildman–Crippen LogP) is 5.41. The van der Waals surface area contributed by atoms with Crippen molar-refractivity contribution in [2.24, 2.45) is 0 Å². The first-order valence-corrected chi connectivity index (χ1v) is 10.9. The molecule has 1 aliphatic heterocycles. The molecule has 2 aromatic rings. The number of rotatable bonds is 5. The SMILES string of the molecule is CC.CCN(CC)CC(=O)N1C(=O)[C@@H](c2ccc(Cl)cc2)Sc2ccccc21. The van der Waals surface area contributed by atoms with E-state index in [1.807, 2.05) is 69.0 Å². The molecule has 28 heavy (non-hydrogen) atoms. The number of para-hydroxylation sites is 1. The minimum absolute atomic E-state index is 0.189. The maximum atomic E-state index is 13.2. The minimum Gasteiger partial charge on any atom is -0.295 e. The van der Waals surface area contributed by atoms with Crippen molar-refractivity contribution in [3.63, 3.8) is 0 Å². The number of hydrogen-bond acceptors (Lipinski definition) is 4. The van der Waals surface area contributed by atoms with E-state index < -0.39 is 5.25 Å². The number of hydrogen-bond donors (Lipinski definition) is 0. The van der Waals surface area contributed by atoms with Gasteiger partial charge in [-0.3, -0.25) is 14.5 Å². The van der Waals surface area contributed by atoms with E-state index in [-0.39, 0.29) is 18.4 Å². The van der Waals surface area contributed by atoms with Crippen molar-refractivity contribution in [3.8, 4) is 0 Å². The fourth-order valence-corrected chi connectivity index (χ4v) is 4.29. The predicted molar refractivity (Wildman–Crippen MR) is 118 cm³/mol. The lowest BCUT2D eigenvalue weighted by Crippen LogP contribution is -2.46. The topological polar surface area (TPSA) is 40.6 Å². The number of benzene rings is 2. The molecule has 3 rings (SSSR count). The molecule has 0 saturated heterocycles. The van der Waals surface area contributed by atoms with Crippen LogP contribution in [0.15, 0.2) is 53.4 Å². The quantitative estimate of drug-likeness (QED) is 0.650. The van der Waals surface area contributed by atoms with Gasteiger partial charge in [-0.1, -0.05) is 63.6 Å². The van der Waals surface area contributed by atoms with Crippen LogP contribution in [0.2, 0.25) is 5.02 Å². The van der Waals surface area contributed by atoms with Crippen LogP contribution in [0.4, 0.5) is 5.69 Å². The fraction of sp³-hybridized carbons (Fsp3) is 0.364. The zero-order valence-corrected chi connectivity index (χ0v) is 18.4. The molecule has 0 saturated carbocycles.